The van der Waals surface area contributed by atoms with Crippen molar-refractivity contribution in [3.63, 3.8) is 0 Å². The van der Waals surface area contributed by atoms with E-state index in [1.165, 1.54) is 6.20 Å². The second kappa shape index (κ2) is 2.93. The van der Waals surface area contributed by atoms with Gasteiger partial charge in [-0.15, -0.1) is 0 Å². The molecule has 1 saturated carbocycles. The molecule has 61 valence electrons. The SMILES string of the molecule is O=C(NC1CC1)c1cc[c]cn1. The zero-order valence-electron chi connectivity index (χ0n) is 6.58. The van der Waals surface area contributed by atoms with Crippen LogP contribution in [0, 0.1) is 6.07 Å². The van der Waals surface area contributed by atoms with Crippen LogP contribution in [0.5, 0.6) is 0 Å². The first kappa shape index (κ1) is 7.28. The minimum Gasteiger partial charge on any atom is -0.348 e. The summed E-state index contributed by atoms with van der Waals surface area (Å²) in [6.07, 6.45) is 3.71. The number of rotatable bonds is 2. The van der Waals surface area contributed by atoms with Crippen LogP contribution in [-0.4, -0.2) is 16.9 Å². The molecule has 1 aliphatic rings. The molecule has 3 heteroatoms. The molecule has 0 aromatic carbocycles. The quantitative estimate of drug-likeness (QED) is 0.696. The predicted molar refractivity (Wildman–Crippen MR) is 43.6 cm³/mol. The van der Waals surface area contributed by atoms with Crippen molar-refractivity contribution in [3.8, 4) is 0 Å². The average Bonchev–Trinajstić information content (AvgIpc) is 2.90. The van der Waals surface area contributed by atoms with E-state index >= 15 is 0 Å². The van der Waals surface area contributed by atoms with Gasteiger partial charge in [0.2, 0.25) is 0 Å². The Bertz CT molecular complexity index is 280. The van der Waals surface area contributed by atoms with E-state index in [4.69, 9.17) is 0 Å². The lowest BCUT2D eigenvalue weighted by Crippen LogP contribution is -2.26. The lowest BCUT2D eigenvalue weighted by molar-refractivity contribution is 0.0946. The van der Waals surface area contributed by atoms with E-state index < -0.39 is 0 Å². The Morgan fingerprint density at radius 1 is 1.67 bits per heavy atom. The minimum absolute atomic E-state index is 0.0773. The Kier molecular flexibility index (Phi) is 1.78. The van der Waals surface area contributed by atoms with Crippen LogP contribution < -0.4 is 5.32 Å². The first-order valence-corrected chi connectivity index (χ1v) is 3.99. The molecule has 2 rings (SSSR count). The molecule has 0 unspecified atom stereocenters. The van der Waals surface area contributed by atoms with Gasteiger partial charge in [0.15, 0.2) is 0 Å². The van der Waals surface area contributed by atoms with E-state index in [1.54, 1.807) is 12.1 Å². The number of amides is 1. The first-order valence-electron chi connectivity index (χ1n) is 3.99. The van der Waals surface area contributed by atoms with Gasteiger partial charge in [0.05, 0.1) is 0 Å². The number of carbonyl (C=O) groups is 1. The van der Waals surface area contributed by atoms with Crippen molar-refractivity contribution in [1.82, 2.24) is 10.3 Å². The number of pyridine rings is 1. The van der Waals surface area contributed by atoms with Crippen LogP contribution in [0.1, 0.15) is 23.3 Å². The maximum absolute atomic E-state index is 11.3. The van der Waals surface area contributed by atoms with Crippen LogP contribution in [0.2, 0.25) is 0 Å². The summed E-state index contributed by atoms with van der Waals surface area (Å²) in [6.45, 7) is 0. The number of hydrogen-bond acceptors (Lipinski definition) is 2. The van der Waals surface area contributed by atoms with Crippen LogP contribution >= 0.6 is 0 Å². The Morgan fingerprint density at radius 3 is 3.08 bits per heavy atom. The van der Waals surface area contributed by atoms with Gasteiger partial charge in [-0.1, -0.05) is 6.07 Å². The Hall–Kier alpha value is -1.38. The second-order valence-corrected chi connectivity index (χ2v) is 2.89. The van der Waals surface area contributed by atoms with Crippen molar-refractivity contribution in [2.24, 2.45) is 0 Å². The van der Waals surface area contributed by atoms with Crippen LogP contribution in [0.3, 0.4) is 0 Å². The zero-order valence-corrected chi connectivity index (χ0v) is 6.58. The molecule has 1 aliphatic carbocycles. The summed E-state index contributed by atoms with van der Waals surface area (Å²) >= 11 is 0. The van der Waals surface area contributed by atoms with Crippen molar-refractivity contribution in [1.29, 1.82) is 0 Å². The molecule has 1 radical (unpaired) electrons. The van der Waals surface area contributed by atoms with E-state index in [1.807, 2.05) is 0 Å². The lowest BCUT2D eigenvalue weighted by Gasteiger charge is -2.00. The van der Waals surface area contributed by atoms with Crippen molar-refractivity contribution >= 4 is 5.91 Å². The number of carbonyl (C=O) groups excluding carboxylic acids is 1. The number of nitrogens with zero attached hydrogens (tertiary/aromatic N) is 1. The highest BCUT2D eigenvalue weighted by atomic mass is 16.2. The third-order valence-corrected chi connectivity index (χ3v) is 1.76. The molecule has 0 atom stereocenters. The Labute approximate surface area is 70.8 Å². The standard InChI is InChI=1S/C9H9N2O/c12-9(11-7-4-5-7)8-3-1-2-6-10-8/h1,3,6-7H,4-5H2,(H,11,12). The Morgan fingerprint density at radius 2 is 2.50 bits per heavy atom. The van der Waals surface area contributed by atoms with E-state index in [0.29, 0.717) is 11.7 Å². The van der Waals surface area contributed by atoms with E-state index in [2.05, 4.69) is 16.4 Å². The van der Waals surface area contributed by atoms with Gasteiger partial charge in [0.1, 0.15) is 5.69 Å². The fourth-order valence-corrected chi connectivity index (χ4v) is 0.941. The van der Waals surface area contributed by atoms with Gasteiger partial charge in [-0.05, 0) is 18.9 Å². The van der Waals surface area contributed by atoms with Crippen LogP contribution in [0.4, 0.5) is 0 Å². The highest BCUT2D eigenvalue weighted by Gasteiger charge is 2.23. The maximum atomic E-state index is 11.3. The van der Waals surface area contributed by atoms with Crippen molar-refractivity contribution in [3.05, 3.63) is 30.1 Å². The van der Waals surface area contributed by atoms with E-state index in [9.17, 15) is 4.79 Å². The largest absolute Gasteiger partial charge is 0.348 e. The molecule has 1 amide bonds. The van der Waals surface area contributed by atoms with Gasteiger partial charge in [0.25, 0.3) is 5.91 Å². The van der Waals surface area contributed by atoms with E-state index in [-0.39, 0.29) is 5.91 Å². The molecule has 3 nitrogen and oxygen atoms in total. The van der Waals surface area contributed by atoms with Crippen LogP contribution in [0.25, 0.3) is 0 Å². The highest BCUT2D eigenvalue weighted by Crippen LogP contribution is 2.18. The fraction of sp³-hybridized carbons (Fsp3) is 0.333. The molecular weight excluding hydrogens is 152 g/mol. The molecule has 1 aromatic rings. The van der Waals surface area contributed by atoms with Gasteiger partial charge in [0, 0.05) is 18.3 Å². The number of nitrogens with one attached hydrogen (secondary N) is 1. The molecule has 0 spiro atoms. The van der Waals surface area contributed by atoms with Gasteiger partial charge < -0.3 is 5.32 Å². The fourth-order valence-electron chi connectivity index (χ4n) is 0.941. The molecule has 0 bridgehead atoms. The average molecular weight is 161 g/mol. The van der Waals surface area contributed by atoms with Crippen molar-refractivity contribution in [2.45, 2.75) is 18.9 Å². The van der Waals surface area contributed by atoms with Gasteiger partial charge in [-0.25, -0.2) is 0 Å². The smallest absolute Gasteiger partial charge is 0.270 e. The van der Waals surface area contributed by atoms with Crippen LogP contribution in [-0.2, 0) is 0 Å². The topological polar surface area (TPSA) is 42.0 Å². The van der Waals surface area contributed by atoms with Crippen molar-refractivity contribution in [2.75, 3.05) is 0 Å². The number of aromatic nitrogens is 1. The van der Waals surface area contributed by atoms with Gasteiger partial charge in [-0.3, -0.25) is 9.78 Å². The van der Waals surface area contributed by atoms with E-state index in [0.717, 1.165) is 12.8 Å². The van der Waals surface area contributed by atoms with Gasteiger partial charge in [-0.2, -0.15) is 0 Å². The molecule has 0 saturated heterocycles. The normalized spacial score (nSPS) is 15.7. The number of hydrogen-bond donors (Lipinski definition) is 1. The summed E-state index contributed by atoms with van der Waals surface area (Å²) in [6, 6.07) is 6.51. The molecule has 0 aliphatic heterocycles. The van der Waals surface area contributed by atoms with Crippen LogP contribution in [0.15, 0.2) is 18.3 Å². The second-order valence-electron chi connectivity index (χ2n) is 2.89. The third-order valence-electron chi connectivity index (χ3n) is 1.76. The Balaban J connectivity index is 2.03. The summed E-state index contributed by atoms with van der Waals surface area (Å²) < 4.78 is 0. The summed E-state index contributed by atoms with van der Waals surface area (Å²) in [4.78, 5) is 15.2. The lowest BCUT2D eigenvalue weighted by atomic mass is 10.3. The molecule has 12 heavy (non-hydrogen) atoms. The summed E-state index contributed by atoms with van der Waals surface area (Å²) in [5.41, 5.74) is 0.473. The predicted octanol–water partition coefficient (Wildman–Crippen LogP) is 0.774. The summed E-state index contributed by atoms with van der Waals surface area (Å²) in [5, 5.41) is 2.85. The van der Waals surface area contributed by atoms with Gasteiger partial charge >= 0.3 is 0 Å². The first-order chi connectivity index (χ1) is 5.86. The van der Waals surface area contributed by atoms with Crippen molar-refractivity contribution < 1.29 is 4.79 Å². The molecule has 1 aromatic heterocycles. The third kappa shape index (κ3) is 1.61. The minimum atomic E-state index is -0.0773. The maximum Gasteiger partial charge on any atom is 0.270 e. The summed E-state index contributed by atoms with van der Waals surface area (Å²) in [7, 11) is 0. The highest BCUT2D eigenvalue weighted by molar-refractivity contribution is 5.92. The molecule has 1 fully saturated rings. The molecule has 1 N–H and O–H groups in total. The molecule has 1 heterocycles. The monoisotopic (exact) mass is 161 g/mol. The summed E-state index contributed by atoms with van der Waals surface area (Å²) in [5.74, 6) is -0.0773. The zero-order chi connectivity index (χ0) is 8.39. The molecular formula is C9H9N2O.